The van der Waals surface area contributed by atoms with Crippen molar-refractivity contribution in [2.75, 3.05) is 19.8 Å². The summed E-state index contributed by atoms with van der Waals surface area (Å²) in [6.45, 7) is 4.01. The Balaban J connectivity index is 1.42. The van der Waals surface area contributed by atoms with E-state index in [0.29, 0.717) is 18.9 Å². The maximum atomic E-state index is 13.0. The van der Waals surface area contributed by atoms with Crippen LogP contribution in [0.3, 0.4) is 0 Å². The highest BCUT2D eigenvalue weighted by Crippen LogP contribution is 2.18. The fourth-order valence-corrected chi connectivity index (χ4v) is 4.97. The number of amides is 1. The van der Waals surface area contributed by atoms with Crippen LogP contribution in [-0.2, 0) is 36.7 Å². The molecule has 3 aromatic rings. The van der Waals surface area contributed by atoms with Crippen molar-refractivity contribution in [3.8, 4) is 0 Å². The van der Waals surface area contributed by atoms with Gasteiger partial charge >= 0.3 is 11.9 Å². The van der Waals surface area contributed by atoms with Gasteiger partial charge in [0.2, 0.25) is 0 Å². The monoisotopic (exact) mass is 591 g/mol. The summed E-state index contributed by atoms with van der Waals surface area (Å²) in [6, 6.07) is 23.3. The number of carbonyl (C=O) groups excluding carboxylic acids is 1. The summed E-state index contributed by atoms with van der Waals surface area (Å²) in [7, 11) is 0. The third kappa shape index (κ3) is 11.8. The zero-order valence-corrected chi connectivity index (χ0v) is 25.3. The molecule has 0 aromatic heterocycles. The number of nitrogens with one attached hydrogen (secondary N) is 1. The maximum absolute atomic E-state index is 13.0. The predicted molar refractivity (Wildman–Crippen MR) is 167 cm³/mol. The van der Waals surface area contributed by atoms with E-state index < -0.39 is 36.7 Å². The summed E-state index contributed by atoms with van der Waals surface area (Å²) in [6.07, 6.45) is 3.64. The number of ether oxygens (including phenoxy) is 2. The van der Waals surface area contributed by atoms with Crippen LogP contribution in [0.2, 0.25) is 0 Å². The van der Waals surface area contributed by atoms with Gasteiger partial charge in [-0.05, 0) is 71.9 Å². The van der Waals surface area contributed by atoms with Gasteiger partial charge in [0, 0.05) is 13.2 Å². The lowest BCUT2D eigenvalue weighted by molar-refractivity contribution is -0.172. The molecule has 0 saturated heterocycles. The molecule has 2 atom stereocenters. The molecular weight excluding hydrogens is 546 g/mol. The first-order valence-corrected chi connectivity index (χ1v) is 15.3. The van der Waals surface area contributed by atoms with Crippen LogP contribution in [0.4, 0.5) is 0 Å². The van der Waals surface area contributed by atoms with Crippen molar-refractivity contribution in [3.05, 3.63) is 83.4 Å². The van der Waals surface area contributed by atoms with Gasteiger partial charge in [-0.25, -0.2) is 9.59 Å². The molecule has 8 heteroatoms. The third-order valence-corrected chi connectivity index (χ3v) is 7.47. The van der Waals surface area contributed by atoms with Gasteiger partial charge in [-0.3, -0.25) is 4.79 Å². The van der Waals surface area contributed by atoms with E-state index in [1.165, 1.54) is 27.5 Å². The molecule has 0 bridgehead atoms. The van der Waals surface area contributed by atoms with Crippen molar-refractivity contribution >= 4 is 28.6 Å². The molecule has 43 heavy (non-hydrogen) atoms. The normalized spacial score (nSPS) is 12.7. The van der Waals surface area contributed by atoms with E-state index in [2.05, 4.69) is 73.8 Å². The summed E-state index contributed by atoms with van der Waals surface area (Å²) >= 11 is 0. The van der Waals surface area contributed by atoms with Gasteiger partial charge < -0.3 is 25.0 Å². The Bertz CT molecular complexity index is 1310. The quantitative estimate of drug-likeness (QED) is 0.135. The van der Waals surface area contributed by atoms with Crippen molar-refractivity contribution in [2.24, 2.45) is 0 Å². The van der Waals surface area contributed by atoms with E-state index in [0.717, 1.165) is 44.9 Å². The highest BCUT2D eigenvalue weighted by atomic mass is 16.6. The molecule has 0 spiro atoms. The van der Waals surface area contributed by atoms with E-state index in [1.807, 2.05) is 12.1 Å². The van der Waals surface area contributed by atoms with Gasteiger partial charge in [-0.1, -0.05) is 93.4 Å². The molecule has 3 rings (SSSR count). The summed E-state index contributed by atoms with van der Waals surface area (Å²) in [5.74, 6) is -2.89. The van der Waals surface area contributed by atoms with Crippen molar-refractivity contribution < 1.29 is 34.1 Å². The standard InChI is InChI=1S/C35H45NO7/c1-25(2)28-18-15-26(16-19-28)11-6-4-10-22-42-32(33(35(40)41)43-24-31(37)38)34(39)36-21-9-3-5-12-27-17-20-29-13-7-8-14-30(29)23-27/h7-8,13-20,23,25,32-33H,3-6,9-12,21-22,24H2,1-2H3,(H,36,39)(H,37,38)(H,40,41). The molecule has 232 valence electrons. The second-order valence-electron chi connectivity index (χ2n) is 11.2. The molecule has 0 saturated carbocycles. The molecule has 0 aliphatic heterocycles. The second-order valence-corrected chi connectivity index (χ2v) is 11.2. The zero-order chi connectivity index (χ0) is 31.0. The van der Waals surface area contributed by atoms with E-state index >= 15 is 0 Å². The molecular formula is C35H45NO7. The first-order chi connectivity index (χ1) is 20.7. The van der Waals surface area contributed by atoms with Gasteiger partial charge in [0.05, 0.1) is 0 Å². The van der Waals surface area contributed by atoms with Gasteiger partial charge in [0.25, 0.3) is 5.91 Å². The maximum Gasteiger partial charge on any atom is 0.336 e. The molecule has 3 N–H and O–H groups in total. The number of hydrogen-bond acceptors (Lipinski definition) is 5. The minimum Gasteiger partial charge on any atom is -0.480 e. The van der Waals surface area contributed by atoms with E-state index in [-0.39, 0.29) is 6.61 Å². The number of carboxylic acid groups (broad SMARTS) is 2. The Labute approximate surface area is 254 Å². The summed E-state index contributed by atoms with van der Waals surface area (Å²) < 4.78 is 10.8. The molecule has 2 unspecified atom stereocenters. The number of fused-ring (bicyclic) bond motifs is 1. The van der Waals surface area contributed by atoms with Crippen LogP contribution in [-0.4, -0.2) is 60.0 Å². The van der Waals surface area contributed by atoms with Gasteiger partial charge in [0.15, 0.2) is 12.2 Å². The minimum absolute atomic E-state index is 0.163. The SMILES string of the molecule is CC(C)c1ccc(CCCCCOC(C(=O)NCCCCCc2ccc3ccccc3c2)C(OCC(=O)O)C(=O)O)cc1. The number of benzene rings is 3. The zero-order valence-electron chi connectivity index (χ0n) is 25.3. The molecule has 0 heterocycles. The Hall–Kier alpha value is -3.75. The molecule has 1 amide bonds. The van der Waals surface area contributed by atoms with Gasteiger partial charge in [0.1, 0.15) is 6.61 Å². The average molecular weight is 592 g/mol. The van der Waals surface area contributed by atoms with Crippen molar-refractivity contribution in [1.82, 2.24) is 5.32 Å². The smallest absolute Gasteiger partial charge is 0.336 e. The van der Waals surface area contributed by atoms with E-state index in [9.17, 15) is 19.5 Å². The first-order valence-electron chi connectivity index (χ1n) is 15.3. The highest BCUT2D eigenvalue weighted by molar-refractivity contribution is 5.88. The fraction of sp³-hybridized carbons (Fsp3) is 0.457. The van der Waals surface area contributed by atoms with E-state index in [1.54, 1.807) is 0 Å². The number of carbonyl (C=O) groups is 3. The number of unbranched alkanes of at least 4 members (excludes halogenated alkanes) is 4. The van der Waals surface area contributed by atoms with Crippen molar-refractivity contribution in [1.29, 1.82) is 0 Å². The summed E-state index contributed by atoms with van der Waals surface area (Å²) in [5, 5.41) is 23.8. The number of aryl methyl sites for hydroxylation is 2. The van der Waals surface area contributed by atoms with Crippen LogP contribution in [0.5, 0.6) is 0 Å². The lowest BCUT2D eigenvalue weighted by Crippen LogP contribution is -2.49. The number of hydrogen-bond donors (Lipinski definition) is 3. The summed E-state index contributed by atoms with van der Waals surface area (Å²) in [5.41, 5.74) is 3.83. The predicted octanol–water partition coefficient (Wildman–Crippen LogP) is 6.14. The minimum atomic E-state index is -1.72. The first kappa shape index (κ1) is 33.7. The fourth-order valence-electron chi connectivity index (χ4n) is 4.97. The largest absolute Gasteiger partial charge is 0.480 e. The Morgan fingerprint density at radius 2 is 1.37 bits per heavy atom. The Morgan fingerprint density at radius 3 is 2.05 bits per heavy atom. The van der Waals surface area contributed by atoms with Gasteiger partial charge in [-0.2, -0.15) is 0 Å². The lowest BCUT2D eigenvalue weighted by atomic mass is 10.00. The lowest BCUT2D eigenvalue weighted by Gasteiger charge is -2.23. The Kier molecular flexibility index (Phi) is 14.2. The molecule has 0 fully saturated rings. The molecule has 0 aliphatic rings. The Morgan fingerprint density at radius 1 is 0.721 bits per heavy atom. The van der Waals surface area contributed by atoms with E-state index in [4.69, 9.17) is 14.6 Å². The molecule has 8 nitrogen and oxygen atoms in total. The second kappa shape index (κ2) is 18.0. The van der Waals surface area contributed by atoms with Crippen LogP contribution in [0.15, 0.2) is 66.7 Å². The summed E-state index contributed by atoms with van der Waals surface area (Å²) in [4.78, 5) is 35.8. The highest BCUT2D eigenvalue weighted by Gasteiger charge is 2.36. The number of rotatable bonds is 20. The third-order valence-electron chi connectivity index (χ3n) is 7.47. The van der Waals surface area contributed by atoms with Gasteiger partial charge in [-0.15, -0.1) is 0 Å². The van der Waals surface area contributed by atoms with Crippen LogP contribution in [0, 0.1) is 0 Å². The number of aliphatic carboxylic acids is 2. The van der Waals surface area contributed by atoms with Crippen LogP contribution in [0.25, 0.3) is 10.8 Å². The van der Waals surface area contributed by atoms with Crippen LogP contribution < -0.4 is 5.32 Å². The number of carboxylic acids is 2. The molecule has 3 aromatic carbocycles. The topological polar surface area (TPSA) is 122 Å². The van der Waals surface area contributed by atoms with Crippen molar-refractivity contribution in [2.45, 2.75) is 83.3 Å². The van der Waals surface area contributed by atoms with Crippen LogP contribution in [0.1, 0.15) is 75.0 Å². The van der Waals surface area contributed by atoms with Crippen molar-refractivity contribution in [3.63, 3.8) is 0 Å². The molecule has 0 radical (unpaired) electrons. The average Bonchev–Trinajstić information content (AvgIpc) is 2.99. The molecule has 0 aliphatic carbocycles. The van der Waals surface area contributed by atoms with Crippen LogP contribution >= 0.6 is 0 Å².